The van der Waals surface area contributed by atoms with Crippen LogP contribution in [-0.4, -0.2) is 36.0 Å². The molecule has 5 nitrogen and oxygen atoms in total. The van der Waals surface area contributed by atoms with Crippen molar-refractivity contribution in [3.8, 4) is 5.88 Å². The monoisotopic (exact) mass is 419 g/mol. The number of furan rings is 1. The molecule has 0 aliphatic carbocycles. The summed E-state index contributed by atoms with van der Waals surface area (Å²) in [6.45, 7) is 4.39. The van der Waals surface area contributed by atoms with Crippen LogP contribution >= 0.6 is 15.9 Å². The van der Waals surface area contributed by atoms with E-state index in [-0.39, 0.29) is 16.1 Å². The zero-order valence-electron chi connectivity index (χ0n) is 13.8. The molecule has 25 heavy (non-hydrogen) atoms. The van der Waals surface area contributed by atoms with Crippen LogP contribution in [-0.2, 0) is 0 Å². The first-order chi connectivity index (χ1) is 11.7. The zero-order chi connectivity index (χ0) is 18.6. The van der Waals surface area contributed by atoms with Crippen molar-refractivity contribution < 1.29 is 22.3 Å². The molecule has 136 valence electrons. The maximum Gasteiger partial charge on any atom is 0.432 e. The van der Waals surface area contributed by atoms with Crippen LogP contribution in [0.3, 0.4) is 0 Å². The molecule has 2 aromatic rings. The minimum absolute atomic E-state index is 0.181. The third-order valence-corrected chi connectivity index (χ3v) is 3.90. The van der Waals surface area contributed by atoms with Crippen molar-refractivity contribution in [2.75, 3.05) is 13.6 Å². The van der Waals surface area contributed by atoms with Gasteiger partial charge < -0.3 is 14.1 Å². The number of aliphatic imine (C=N–C) groups is 1. The zero-order valence-corrected chi connectivity index (χ0v) is 15.4. The van der Waals surface area contributed by atoms with Crippen LogP contribution in [0.5, 0.6) is 5.88 Å². The van der Waals surface area contributed by atoms with Gasteiger partial charge in [0.2, 0.25) is 5.88 Å². The number of nitrogens with zero attached hydrogens (tertiary/aromatic N) is 3. The first-order valence-electron chi connectivity index (χ1n) is 7.40. The van der Waals surface area contributed by atoms with E-state index in [1.165, 1.54) is 12.1 Å². The summed E-state index contributed by atoms with van der Waals surface area (Å²) in [6, 6.07) is 4.14. The third-order valence-electron chi connectivity index (χ3n) is 3.33. The summed E-state index contributed by atoms with van der Waals surface area (Å²) >= 11 is 3.19. The van der Waals surface area contributed by atoms with Gasteiger partial charge in [-0.3, -0.25) is 0 Å². The molecule has 9 heteroatoms. The van der Waals surface area contributed by atoms with Gasteiger partial charge in [0.15, 0.2) is 5.76 Å². The van der Waals surface area contributed by atoms with Gasteiger partial charge in [0.05, 0.1) is 28.5 Å². The SMILES string of the molecule is CCN(C)C=Nc1cc(Br)c(OC(c2ccco2)C(F)(F)F)nc1C. The standard InChI is InChI=1S/C16H17BrF3N3O2/c1-4-23(3)9-21-12-8-11(17)15(22-10(12)2)25-14(16(18,19)20)13-6-5-7-24-13/h5-9,14H,4H2,1-3H3. The average molecular weight is 420 g/mol. The normalized spacial score (nSPS) is 13.2. The van der Waals surface area contributed by atoms with E-state index in [9.17, 15) is 13.2 Å². The Kier molecular flexibility index (Phi) is 6.10. The van der Waals surface area contributed by atoms with Gasteiger partial charge >= 0.3 is 6.18 Å². The minimum atomic E-state index is -4.65. The lowest BCUT2D eigenvalue weighted by molar-refractivity contribution is -0.203. The number of aryl methyl sites for hydroxylation is 1. The van der Waals surface area contributed by atoms with Gasteiger partial charge in [-0.1, -0.05) is 0 Å². The lowest BCUT2D eigenvalue weighted by Crippen LogP contribution is -2.26. The van der Waals surface area contributed by atoms with E-state index >= 15 is 0 Å². The molecule has 2 heterocycles. The highest BCUT2D eigenvalue weighted by molar-refractivity contribution is 9.10. The second-order valence-corrected chi connectivity index (χ2v) is 6.11. The summed E-state index contributed by atoms with van der Waals surface area (Å²) < 4.78 is 50.0. The molecule has 0 saturated heterocycles. The summed E-state index contributed by atoms with van der Waals surface area (Å²) in [5.41, 5.74) is 0.973. The van der Waals surface area contributed by atoms with Gasteiger partial charge in [-0.05, 0) is 48.0 Å². The molecule has 0 bridgehead atoms. The first kappa shape index (κ1) is 19.3. The summed E-state index contributed by atoms with van der Waals surface area (Å²) in [5.74, 6) is -0.524. The molecule has 0 radical (unpaired) electrons. The number of alkyl halides is 3. The molecular weight excluding hydrogens is 403 g/mol. The van der Waals surface area contributed by atoms with E-state index in [4.69, 9.17) is 9.15 Å². The molecule has 0 aliphatic heterocycles. The minimum Gasteiger partial charge on any atom is -0.465 e. The van der Waals surface area contributed by atoms with Gasteiger partial charge in [0.25, 0.3) is 6.10 Å². The van der Waals surface area contributed by atoms with Crippen LogP contribution in [0.4, 0.5) is 18.9 Å². The second kappa shape index (κ2) is 7.90. The highest BCUT2D eigenvalue weighted by atomic mass is 79.9. The predicted octanol–water partition coefficient (Wildman–Crippen LogP) is 5.04. The molecular formula is C16H17BrF3N3O2. The Morgan fingerprint density at radius 3 is 2.76 bits per heavy atom. The average Bonchev–Trinajstić information content (AvgIpc) is 3.06. The van der Waals surface area contributed by atoms with Gasteiger partial charge in [-0.15, -0.1) is 0 Å². The smallest absolute Gasteiger partial charge is 0.432 e. The van der Waals surface area contributed by atoms with Crippen molar-refractivity contribution in [1.29, 1.82) is 0 Å². The number of hydrogen-bond acceptors (Lipinski definition) is 4. The number of hydrogen-bond donors (Lipinski definition) is 0. The van der Waals surface area contributed by atoms with E-state index in [1.807, 2.05) is 18.9 Å². The summed E-state index contributed by atoms with van der Waals surface area (Å²) in [4.78, 5) is 10.2. The first-order valence-corrected chi connectivity index (χ1v) is 8.20. The van der Waals surface area contributed by atoms with Crippen LogP contribution < -0.4 is 4.74 Å². The van der Waals surface area contributed by atoms with E-state index in [2.05, 4.69) is 25.9 Å². The number of pyridine rings is 1. The molecule has 0 aliphatic rings. The summed E-state index contributed by atoms with van der Waals surface area (Å²) in [5, 5.41) is 0. The lowest BCUT2D eigenvalue weighted by Gasteiger charge is -2.20. The van der Waals surface area contributed by atoms with Crippen molar-refractivity contribution in [2.24, 2.45) is 4.99 Å². The number of aromatic nitrogens is 1. The van der Waals surface area contributed by atoms with Crippen LogP contribution in [0.1, 0.15) is 24.5 Å². The molecule has 0 saturated carbocycles. The Morgan fingerprint density at radius 1 is 1.48 bits per heavy atom. The molecule has 0 fully saturated rings. The highest BCUT2D eigenvalue weighted by Crippen LogP contribution is 2.39. The fraction of sp³-hybridized carbons (Fsp3) is 0.375. The van der Waals surface area contributed by atoms with Crippen LogP contribution in [0.2, 0.25) is 0 Å². The van der Waals surface area contributed by atoms with E-state index < -0.39 is 12.3 Å². The molecule has 1 atom stereocenters. The Balaban J connectivity index is 2.30. The van der Waals surface area contributed by atoms with E-state index in [0.29, 0.717) is 11.4 Å². The number of rotatable bonds is 6. The van der Waals surface area contributed by atoms with Crippen molar-refractivity contribution in [3.63, 3.8) is 0 Å². The number of halogens is 4. The topological polar surface area (TPSA) is 50.9 Å². The summed E-state index contributed by atoms with van der Waals surface area (Å²) in [7, 11) is 1.86. The predicted molar refractivity (Wildman–Crippen MR) is 91.3 cm³/mol. The number of ether oxygens (including phenoxy) is 1. The molecule has 0 amide bonds. The molecule has 0 spiro atoms. The van der Waals surface area contributed by atoms with Crippen LogP contribution in [0.25, 0.3) is 0 Å². The fourth-order valence-electron chi connectivity index (χ4n) is 1.84. The van der Waals surface area contributed by atoms with E-state index in [1.54, 1.807) is 19.3 Å². The molecule has 0 aromatic carbocycles. The second-order valence-electron chi connectivity index (χ2n) is 5.25. The maximum absolute atomic E-state index is 13.3. The Bertz CT molecular complexity index is 733. The molecule has 2 aromatic heterocycles. The third kappa shape index (κ3) is 4.97. The van der Waals surface area contributed by atoms with Crippen LogP contribution in [0.15, 0.2) is 38.3 Å². The largest absolute Gasteiger partial charge is 0.465 e. The molecule has 1 unspecified atom stereocenters. The lowest BCUT2D eigenvalue weighted by atomic mass is 10.2. The summed E-state index contributed by atoms with van der Waals surface area (Å²) in [6.07, 6.45) is -4.11. The van der Waals surface area contributed by atoms with Crippen LogP contribution in [0, 0.1) is 6.92 Å². The Hall–Kier alpha value is -2.03. The van der Waals surface area contributed by atoms with Gasteiger partial charge in [-0.2, -0.15) is 13.2 Å². The maximum atomic E-state index is 13.3. The fourth-order valence-corrected chi connectivity index (χ4v) is 2.24. The Labute approximate surface area is 151 Å². The van der Waals surface area contributed by atoms with Gasteiger partial charge in [-0.25, -0.2) is 9.98 Å². The van der Waals surface area contributed by atoms with E-state index in [0.717, 1.165) is 12.8 Å². The van der Waals surface area contributed by atoms with Crippen molar-refractivity contribution >= 4 is 28.0 Å². The van der Waals surface area contributed by atoms with Gasteiger partial charge in [0.1, 0.15) is 0 Å². The van der Waals surface area contributed by atoms with Gasteiger partial charge in [0, 0.05) is 13.6 Å². The van der Waals surface area contributed by atoms with Crippen molar-refractivity contribution in [2.45, 2.75) is 26.1 Å². The van der Waals surface area contributed by atoms with Crippen molar-refractivity contribution in [1.82, 2.24) is 9.88 Å². The van der Waals surface area contributed by atoms with Crippen molar-refractivity contribution in [3.05, 3.63) is 40.4 Å². The Morgan fingerprint density at radius 2 is 2.20 bits per heavy atom. The highest BCUT2D eigenvalue weighted by Gasteiger charge is 2.45. The molecule has 2 rings (SSSR count). The molecule has 0 N–H and O–H groups in total. The quantitative estimate of drug-likeness (QED) is 0.486.